The molecule has 2 amide bonds. The van der Waals surface area contributed by atoms with E-state index >= 15 is 0 Å². The van der Waals surface area contributed by atoms with E-state index in [2.05, 4.69) is 5.32 Å². The van der Waals surface area contributed by atoms with E-state index < -0.39 is 17.9 Å². The molecule has 1 aromatic carbocycles. The van der Waals surface area contributed by atoms with Crippen LogP contribution >= 0.6 is 11.8 Å². The van der Waals surface area contributed by atoms with Crippen LogP contribution in [0.25, 0.3) is 0 Å². The Morgan fingerprint density at radius 3 is 2.65 bits per heavy atom. The summed E-state index contributed by atoms with van der Waals surface area (Å²) in [7, 11) is 2.67. The minimum absolute atomic E-state index is 0.0924. The second-order valence-electron chi connectivity index (χ2n) is 5.52. The van der Waals surface area contributed by atoms with Crippen molar-refractivity contribution in [2.24, 2.45) is 0 Å². The third-order valence-corrected chi connectivity index (χ3v) is 5.24. The van der Waals surface area contributed by atoms with E-state index in [4.69, 9.17) is 14.2 Å². The summed E-state index contributed by atoms with van der Waals surface area (Å²) >= 11 is 1.40. The van der Waals surface area contributed by atoms with Crippen molar-refractivity contribution in [2.75, 3.05) is 26.6 Å². The van der Waals surface area contributed by atoms with Gasteiger partial charge in [-0.15, -0.1) is 11.8 Å². The molecule has 0 radical (unpaired) electrons. The number of para-hydroxylation sites is 1. The number of fused-ring (bicyclic) bond motifs is 1. The van der Waals surface area contributed by atoms with E-state index in [9.17, 15) is 14.4 Å². The topological polar surface area (TPSA) is 94.2 Å². The van der Waals surface area contributed by atoms with Crippen LogP contribution in [-0.4, -0.2) is 60.7 Å². The number of carbonyl (C=O) groups excluding carboxylic acids is 3. The number of rotatable bonds is 6. The van der Waals surface area contributed by atoms with Crippen LogP contribution in [-0.2, 0) is 23.9 Å². The number of nitrogens with one attached hydrogen (secondary N) is 1. The molecule has 138 valence electrons. The molecule has 2 aliphatic rings. The second-order valence-corrected chi connectivity index (χ2v) is 6.63. The lowest BCUT2D eigenvalue weighted by Crippen LogP contribution is -2.71. The van der Waals surface area contributed by atoms with Crippen LogP contribution < -0.4 is 10.1 Å². The SMILES string of the molecule is COC(=O)C1=C(OC)CS[C@H]2[C@H](NC(=O)COc3ccccc3)C(=O)N12. The largest absolute Gasteiger partial charge is 0.498 e. The van der Waals surface area contributed by atoms with Crippen molar-refractivity contribution in [3.63, 3.8) is 0 Å². The maximum Gasteiger partial charge on any atom is 0.358 e. The summed E-state index contributed by atoms with van der Waals surface area (Å²) in [6, 6.07) is 8.20. The van der Waals surface area contributed by atoms with Gasteiger partial charge in [0.25, 0.3) is 11.8 Å². The number of esters is 1. The van der Waals surface area contributed by atoms with Crippen LogP contribution in [0.3, 0.4) is 0 Å². The fourth-order valence-electron chi connectivity index (χ4n) is 2.71. The average molecular weight is 378 g/mol. The van der Waals surface area contributed by atoms with Gasteiger partial charge in [0, 0.05) is 0 Å². The first-order chi connectivity index (χ1) is 12.6. The second kappa shape index (κ2) is 7.69. The molecular weight excluding hydrogens is 360 g/mol. The molecule has 2 aliphatic heterocycles. The molecule has 0 spiro atoms. The van der Waals surface area contributed by atoms with Crippen molar-refractivity contribution in [3.05, 3.63) is 41.8 Å². The predicted octanol–water partition coefficient (Wildman–Crippen LogP) is 0.496. The molecule has 2 heterocycles. The molecule has 0 saturated carbocycles. The smallest absolute Gasteiger partial charge is 0.358 e. The first-order valence-electron chi connectivity index (χ1n) is 7.84. The highest BCUT2D eigenvalue weighted by atomic mass is 32.2. The zero-order valence-corrected chi connectivity index (χ0v) is 15.1. The van der Waals surface area contributed by atoms with Crippen LogP contribution in [0, 0.1) is 0 Å². The number of ether oxygens (including phenoxy) is 3. The number of hydrogen-bond donors (Lipinski definition) is 1. The van der Waals surface area contributed by atoms with Gasteiger partial charge in [-0.2, -0.15) is 0 Å². The molecule has 1 fully saturated rings. The van der Waals surface area contributed by atoms with Gasteiger partial charge >= 0.3 is 5.97 Å². The Bertz CT molecular complexity index is 751. The molecule has 9 heteroatoms. The minimum Gasteiger partial charge on any atom is -0.498 e. The van der Waals surface area contributed by atoms with Gasteiger partial charge in [-0.25, -0.2) is 4.79 Å². The summed E-state index contributed by atoms with van der Waals surface area (Å²) in [5, 5.41) is 2.28. The Kier molecular flexibility index (Phi) is 5.36. The lowest BCUT2D eigenvalue weighted by atomic mass is 10.0. The molecule has 2 atom stereocenters. The van der Waals surface area contributed by atoms with Gasteiger partial charge in [-0.05, 0) is 12.1 Å². The molecule has 0 unspecified atom stereocenters. The average Bonchev–Trinajstić information content (AvgIpc) is 2.69. The van der Waals surface area contributed by atoms with E-state index in [1.807, 2.05) is 6.07 Å². The van der Waals surface area contributed by atoms with Gasteiger partial charge in [0.1, 0.15) is 22.9 Å². The first-order valence-corrected chi connectivity index (χ1v) is 8.89. The summed E-state index contributed by atoms with van der Waals surface area (Å²) in [4.78, 5) is 37.8. The van der Waals surface area contributed by atoms with Crippen LogP contribution in [0.4, 0.5) is 0 Å². The van der Waals surface area contributed by atoms with Gasteiger partial charge in [-0.3, -0.25) is 14.5 Å². The summed E-state index contributed by atoms with van der Waals surface area (Å²) < 4.78 is 15.3. The van der Waals surface area contributed by atoms with Gasteiger partial charge in [0.05, 0.1) is 20.0 Å². The first kappa shape index (κ1) is 18.1. The van der Waals surface area contributed by atoms with Crippen molar-refractivity contribution in [1.82, 2.24) is 10.2 Å². The Morgan fingerprint density at radius 1 is 1.27 bits per heavy atom. The van der Waals surface area contributed by atoms with Crippen molar-refractivity contribution in [2.45, 2.75) is 11.4 Å². The molecule has 0 aliphatic carbocycles. The normalized spacial score (nSPS) is 21.5. The van der Waals surface area contributed by atoms with Gasteiger partial charge < -0.3 is 19.5 Å². The molecule has 1 N–H and O–H groups in total. The van der Waals surface area contributed by atoms with Gasteiger partial charge in [0.2, 0.25) is 0 Å². The molecule has 26 heavy (non-hydrogen) atoms. The minimum atomic E-state index is -0.718. The standard InChI is InChI=1S/C17H18N2O6S/c1-23-11-9-26-16-13(15(21)19(16)14(11)17(22)24-2)18-12(20)8-25-10-6-4-3-5-7-10/h3-7,13,16H,8-9H2,1-2H3,(H,18,20)/t13-,16+/m1/s1. The molecule has 1 aromatic rings. The lowest BCUT2D eigenvalue weighted by Gasteiger charge is -2.49. The number of β-lactam (4-membered cyclic amide) rings is 1. The van der Waals surface area contributed by atoms with Crippen molar-refractivity contribution in [3.8, 4) is 5.75 Å². The number of hydrogen-bond acceptors (Lipinski definition) is 7. The lowest BCUT2D eigenvalue weighted by molar-refractivity contribution is -0.152. The van der Waals surface area contributed by atoms with E-state index in [1.165, 1.54) is 30.9 Å². The van der Waals surface area contributed by atoms with Gasteiger partial charge in [0.15, 0.2) is 12.3 Å². The number of benzene rings is 1. The van der Waals surface area contributed by atoms with Crippen LogP contribution in [0.1, 0.15) is 0 Å². The van der Waals surface area contributed by atoms with Crippen molar-refractivity contribution >= 4 is 29.5 Å². The number of carbonyl (C=O) groups is 3. The molecular formula is C17H18N2O6S. The molecule has 0 aromatic heterocycles. The predicted molar refractivity (Wildman–Crippen MR) is 93.0 cm³/mol. The van der Waals surface area contributed by atoms with E-state index in [1.54, 1.807) is 24.3 Å². The molecule has 8 nitrogen and oxygen atoms in total. The fraction of sp³-hybridized carbons (Fsp3) is 0.353. The molecule has 3 rings (SSSR count). The Balaban J connectivity index is 1.62. The quantitative estimate of drug-likeness (QED) is 0.569. The number of thioether (sulfide) groups is 1. The number of amides is 2. The fourth-order valence-corrected chi connectivity index (χ4v) is 4.03. The Labute approximate surface area is 154 Å². The number of methoxy groups -OCH3 is 2. The molecule has 1 saturated heterocycles. The van der Waals surface area contributed by atoms with Crippen LogP contribution in [0.2, 0.25) is 0 Å². The maximum atomic E-state index is 12.5. The zero-order valence-electron chi connectivity index (χ0n) is 14.3. The Morgan fingerprint density at radius 2 is 2.00 bits per heavy atom. The summed E-state index contributed by atoms with van der Waals surface area (Å²) in [6.45, 7) is -0.200. The highest BCUT2D eigenvalue weighted by Gasteiger charge is 2.54. The highest BCUT2D eigenvalue weighted by Crippen LogP contribution is 2.40. The van der Waals surface area contributed by atoms with Crippen molar-refractivity contribution < 1.29 is 28.6 Å². The van der Waals surface area contributed by atoms with E-state index in [-0.39, 0.29) is 23.6 Å². The van der Waals surface area contributed by atoms with Crippen LogP contribution in [0.5, 0.6) is 5.75 Å². The van der Waals surface area contributed by atoms with Crippen molar-refractivity contribution in [1.29, 1.82) is 0 Å². The van der Waals surface area contributed by atoms with Crippen LogP contribution in [0.15, 0.2) is 41.8 Å². The summed E-state index contributed by atoms with van der Waals surface area (Å²) in [5.74, 6) is -0.0838. The number of nitrogens with zero attached hydrogens (tertiary/aromatic N) is 1. The summed E-state index contributed by atoms with van der Waals surface area (Å²) in [6.07, 6.45) is 0. The molecule has 0 bridgehead atoms. The van der Waals surface area contributed by atoms with Gasteiger partial charge in [-0.1, -0.05) is 18.2 Å². The monoisotopic (exact) mass is 378 g/mol. The zero-order chi connectivity index (χ0) is 18.7. The van der Waals surface area contributed by atoms with E-state index in [0.29, 0.717) is 17.3 Å². The highest BCUT2D eigenvalue weighted by molar-refractivity contribution is 8.00. The Hall–Kier alpha value is -2.68. The third kappa shape index (κ3) is 3.34. The van der Waals surface area contributed by atoms with E-state index in [0.717, 1.165) is 0 Å². The summed E-state index contributed by atoms with van der Waals surface area (Å²) in [5.41, 5.74) is 0.0924. The maximum absolute atomic E-state index is 12.5. The third-order valence-electron chi connectivity index (χ3n) is 3.99.